The first-order chi connectivity index (χ1) is 6.66. The SMILES string of the molecule is FC(F)Cn1ncc2nc(Br)cnc21. The first-order valence-corrected chi connectivity index (χ1v) is 4.58. The average molecular weight is 263 g/mol. The van der Waals surface area contributed by atoms with E-state index in [0.717, 1.165) is 4.68 Å². The molecule has 0 saturated heterocycles. The van der Waals surface area contributed by atoms with Crippen molar-refractivity contribution < 1.29 is 8.78 Å². The zero-order chi connectivity index (χ0) is 10.1. The van der Waals surface area contributed by atoms with Gasteiger partial charge in [0, 0.05) is 0 Å². The Morgan fingerprint density at radius 1 is 1.43 bits per heavy atom. The van der Waals surface area contributed by atoms with Crippen LogP contribution in [0.1, 0.15) is 0 Å². The maximum Gasteiger partial charge on any atom is 0.258 e. The van der Waals surface area contributed by atoms with Gasteiger partial charge in [0.15, 0.2) is 5.65 Å². The molecule has 0 fully saturated rings. The summed E-state index contributed by atoms with van der Waals surface area (Å²) in [7, 11) is 0. The van der Waals surface area contributed by atoms with Crippen molar-refractivity contribution in [2.24, 2.45) is 0 Å². The molecule has 0 N–H and O–H groups in total. The summed E-state index contributed by atoms with van der Waals surface area (Å²) in [6, 6.07) is 0. The van der Waals surface area contributed by atoms with E-state index in [1.165, 1.54) is 12.4 Å². The summed E-state index contributed by atoms with van der Waals surface area (Å²) < 4.78 is 25.9. The summed E-state index contributed by atoms with van der Waals surface area (Å²) in [6.45, 7) is -0.459. The normalized spacial score (nSPS) is 11.4. The molecular formula is C7H5BrF2N4. The zero-order valence-corrected chi connectivity index (χ0v) is 8.45. The molecule has 0 aliphatic carbocycles. The Labute approximate surface area is 86.1 Å². The summed E-state index contributed by atoms with van der Waals surface area (Å²) >= 11 is 3.13. The molecular weight excluding hydrogens is 258 g/mol. The monoisotopic (exact) mass is 262 g/mol. The molecule has 0 aromatic carbocycles. The van der Waals surface area contributed by atoms with Gasteiger partial charge in [0.2, 0.25) is 0 Å². The number of aromatic nitrogens is 4. The van der Waals surface area contributed by atoms with E-state index in [1.807, 2.05) is 0 Å². The minimum atomic E-state index is -2.44. The minimum Gasteiger partial charge on any atom is -0.240 e. The molecule has 14 heavy (non-hydrogen) atoms. The zero-order valence-electron chi connectivity index (χ0n) is 6.86. The summed E-state index contributed by atoms with van der Waals surface area (Å²) in [5, 5.41) is 3.77. The second-order valence-corrected chi connectivity index (χ2v) is 3.43. The Bertz CT molecular complexity index is 456. The molecule has 0 bridgehead atoms. The largest absolute Gasteiger partial charge is 0.258 e. The summed E-state index contributed by atoms with van der Waals surface area (Å²) in [6.07, 6.45) is 0.421. The number of hydrogen-bond acceptors (Lipinski definition) is 3. The van der Waals surface area contributed by atoms with Gasteiger partial charge < -0.3 is 0 Å². The molecule has 7 heteroatoms. The van der Waals surface area contributed by atoms with E-state index in [1.54, 1.807) is 0 Å². The average Bonchev–Trinajstić information content (AvgIpc) is 2.47. The first-order valence-electron chi connectivity index (χ1n) is 3.79. The van der Waals surface area contributed by atoms with E-state index in [0.29, 0.717) is 15.8 Å². The van der Waals surface area contributed by atoms with Gasteiger partial charge in [-0.2, -0.15) is 5.10 Å². The Hall–Kier alpha value is -1.11. The second kappa shape index (κ2) is 3.56. The Morgan fingerprint density at radius 2 is 2.21 bits per heavy atom. The molecule has 0 amide bonds. The van der Waals surface area contributed by atoms with Crippen LogP contribution in [0.15, 0.2) is 17.0 Å². The van der Waals surface area contributed by atoms with Crippen LogP contribution in [0.2, 0.25) is 0 Å². The molecule has 2 heterocycles. The Morgan fingerprint density at radius 3 is 2.93 bits per heavy atom. The number of fused-ring (bicyclic) bond motifs is 1. The predicted molar refractivity (Wildman–Crippen MR) is 49.0 cm³/mol. The third-order valence-electron chi connectivity index (χ3n) is 1.62. The smallest absolute Gasteiger partial charge is 0.240 e. The number of alkyl halides is 2. The predicted octanol–water partition coefficient (Wildman–Crippen LogP) is 1.85. The molecule has 74 valence electrons. The maximum atomic E-state index is 12.1. The van der Waals surface area contributed by atoms with Crippen LogP contribution in [-0.2, 0) is 6.54 Å². The lowest BCUT2D eigenvalue weighted by molar-refractivity contribution is 0.123. The highest BCUT2D eigenvalue weighted by Gasteiger charge is 2.10. The third kappa shape index (κ3) is 1.72. The van der Waals surface area contributed by atoms with Gasteiger partial charge in [0.25, 0.3) is 6.43 Å². The molecule has 4 nitrogen and oxygen atoms in total. The van der Waals surface area contributed by atoms with Crippen molar-refractivity contribution in [3.8, 4) is 0 Å². The van der Waals surface area contributed by atoms with Gasteiger partial charge in [0.1, 0.15) is 16.7 Å². The van der Waals surface area contributed by atoms with Crippen molar-refractivity contribution >= 4 is 27.1 Å². The molecule has 0 aliphatic rings. The van der Waals surface area contributed by atoms with Crippen LogP contribution in [0.25, 0.3) is 11.2 Å². The lowest BCUT2D eigenvalue weighted by Crippen LogP contribution is -2.08. The van der Waals surface area contributed by atoms with E-state index in [-0.39, 0.29) is 0 Å². The molecule has 0 atom stereocenters. The van der Waals surface area contributed by atoms with Crippen LogP contribution in [0.5, 0.6) is 0 Å². The highest BCUT2D eigenvalue weighted by molar-refractivity contribution is 9.10. The molecule has 0 spiro atoms. The topological polar surface area (TPSA) is 43.6 Å². The molecule has 2 aromatic rings. The van der Waals surface area contributed by atoms with E-state index in [4.69, 9.17) is 0 Å². The fraction of sp³-hybridized carbons (Fsp3) is 0.286. The number of hydrogen-bond donors (Lipinski definition) is 0. The third-order valence-corrected chi connectivity index (χ3v) is 2.01. The lowest BCUT2D eigenvalue weighted by Gasteiger charge is -2.00. The molecule has 2 aromatic heterocycles. The molecule has 0 unspecified atom stereocenters. The highest BCUT2D eigenvalue weighted by atomic mass is 79.9. The van der Waals surface area contributed by atoms with Crippen molar-refractivity contribution in [1.82, 2.24) is 19.7 Å². The fourth-order valence-electron chi connectivity index (χ4n) is 1.10. The standard InChI is InChI=1S/C7H5BrF2N4/c8-5-2-11-7-4(13-5)1-12-14(7)3-6(9)10/h1-2,6H,3H2. The van der Waals surface area contributed by atoms with Crippen LogP contribution < -0.4 is 0 Å². The molecule has 0 saturated carbocycles. The summed E-state index contributed by atoms with van der Waals surface area (Å²) in [5.41, 5.74) is 0.869. The van der Waals surface area contributed by atoms with Crippen molar-refractivity contribution in [2.75, 3.05) is 0 Å². The number of halogens is 3. The quantitative estimate of drug-likeness (QED) is 0.830. The van der Waals surface area contributed by atoms with E-state index < -0.39 is 13.0 Å². The highest BCUT2D eigenvalue weighted by Crippen LogP contribution is 2.13. The van der Waals surface area contributed by atoms with E-state index in [2.05, 4.69) is 31.0 Å². The van der Waals surface area contributed by atoms with Crippen LogP contribution >= 0.6 is 15.9 Å². The van der Waals surface area contributed by atoms with Crippen molar-refractivity contribution in [3.63, 3.8) is 0 Å². The maximum absolute atomic E-state index is 12.1. The number of rotatable bonds is 2. The first kappa shape index (κ1) is 9.45. The Kier molecular flexibility index (Phi) is 2.40. The molecule has 2 rings (SSSR count). The summed E-state index contributed by atoms with van der Waals surface area (Å²) in [5.74, 6) is 0. The van der Waals surface area contributed by atoms with Gasteiger partial charge in [-0.05, 0) is 15.9 Å². The van der Waals surface area contributed by atoms with Crippen LogP contribution in [0.3, 0.4) is 0 Å². The molecule has 0 aliphatic heterocycles. The van der Waals surface area contributed by atoms with Crippen molar-refractivity contribution in [3.05, 3.63) is 17.0 Å². The molecule has 0 radical (unpaired) electrons. The van der Waals surface area contributed by atoms with Crippen LogP contribution in [0.4, 0.5) is 8.78 Å². The van der Waals surface area contributed by atoms with Crippen molar-refractivity contribution in [1.29, 1.82) is 0 Å². The van der Waals surface area contributed by atoms with Crippen LogP contribution in [-0.4, -0.2) is 26.2 Å². The van der Waals surface area contributed by atoms with Gasteiger partial charge in [-0.15, -0.1) is 0 Å². The number of nitrogens with zero attached hydrogens (tertiary/aromatic N) is 4. The van der Waals surface area contributed by atoms with Crippen LogP contribution in [0, 0.1) is 0 Å². The lowest BCUT2D eigenvalue weighted by atomic mass is 10.5. The van der Waals surface area contributed by atoms with Gasteiger partial charge in [-0.1, -0.05) is 0 Å². The van der Waals surface area contributed by atoms with Crippen molar-refractivity contribution in [2.45, 2.75) is 13.0 Å². The van der Waals surface area contributed by atoms with E-state index >= 15 is 0 Å². The summed E-state index contributed by atoms with van der Waals surface area (Å²) in [4.78, 5) is 7.98. The van der Waals surface area contributed by atoms with Gasteiger partial charge in [-0.3, -0.25) is 0 Å². The second-order valence-electron chi connectivity index (χ2n) is 2.62. The fourth-order valence-corrected chi connectivity index (χ4v) is 1.40. The van der Waals surface area contributed by atoms with Gasteiger partial charge in [-0.25, -0.2) is 23.4 Å². The Balaban J connectivity index is 2.47. The minimum absolute atomic E-state index is 0.369. The van der Waals surface area contributed by atoms with Gasteiger partial charge >= 0.3 is 0 Å². The van der Waals surface area contributed by atoms with Gasteiger partial charge in [0.05, 0.1) is 12.4 Å². The van der Waals surface area contributed by atoms with E-state index in [9.17, 15) is 8.78 Å².